The van der Waals surface area contributed by atoms with Gasteiger partial charge in [0.05, 0.1) is 0 Å². The second-order valence-corrected chi connectivity index (χ2v) is 3.29. The van der Waals surface area contributed by atoms with Crippen LogP contribution in [-0.4, -0.2) is 12.1 Å². The zero-order chi connectivity index (χ0) is 12.0. The molecule has 3 nitrogen and oxygen atoms in total. The predicted molar refractivity (Wildman–Crippen MR) is 62.9 cm³/mol. The van der Waals surface area contributed by atoms with E-state index in [1.807, 2.05) is 6.07 Å². The topological polar surface area (TPSA) is 60.2 Å². The van der Waals surface area contributed by atoms with E-state index < -0.39 is 0 Å². The Balaban J connectivity index is 3.08. The Morgan fingerprint density at radius 2 is 1.88 bits per heavy atom. The Morgan fingerprint density at radius 1 is 1.25 bits per heavy atom. The van der Waals surface area contributed by atoms with Gasteiger partial charge in [0, 0.05) is 16.8 Å². The number of benzene rings is 1. The fourth-order valence-electron chi connectivity index (χ4n) is 1.27. The highest BCUT2D eigenvalue weighted by Crippen LogP contribution is 2.11. The predicted octanol–water partition coefficient (Wildman–Crippen LogP) is 1.86. The third-order valence-corrected chi connectivity index (χ3v) is 2.05. The van der Waals surface area contributed by atoms with Gasteiger partial charge in [-0.1, -0.05) is 30.3 Å². The largest absolute Gasteiger partial charge is 0.402 e. The summed E-state index contributed by atoms with van der Waals surface area (Å²) >= 11 is 0. The van der Waals surface area contributed by atoms with E-state index in [0.717, 1.165) is 0 Å². The molecule has 0 heterocycles. The summed E-state index contributed by atoms with van der Waals surface area (Å²) < 4.78 is 0. The molecule has 0 atom stereocenters. The first kappa shape index (κ1) is 11.9. The molecule has 1 rings (SSSR count). The van der Waals surface area contributed by atoms with Crippen LogP contribution in [0.2, 0.25) is 0 Å². The highest BCUT2D eigenvalue weighted by atomic mass is 16.1. The van der Waals surface area contributed by atoms with Crippen LogP contribution in [-0.2, 0) is 4.79 Å². The molecule has 0 radical (unpaired) electrons. The van der Waals surface area contributed by atoms with E-state index in [0.29, 0.717) is 23.1 Å². The molecule has 2 N–H and O–H groups in total. The van der Waals surface area contributed by atoms with Crippen molar-refractivity contribution in [2.45, 2.75) is 6.92 Å². The van der Waals surface area contributed by atoms with Crippen molar-refractivity contribution in [3.63, 3.8) is 0 Å². The van der Waals surface area contributed by atoms with Crippen molar-refractivity contribution < 1.29 is 9.59 Å². The number of rotatable bonds is 4. The molecule has 16 heavy (non-hydrogen) atoms. The molecule has 0 saturated heterocycles. The fraction of sp³-hybridized carbons (Fsp3) is 0.0769. The first-order valence-electron chi connectivity index (χ1n) is 4.84. The molecule has 0 aliphatic rings. The SMILES string of the molecule is CC(N)=C(C=CC=O)C(=O)c1ccccc1. The molecule has 0 aliphatic carbocycles. The molecule has 1 aromatic rings. The van der Waals surface area contributed by atoms with Crippen LogP contribution in [0.5, 0.6) is 0 Å². The number of allylic oxidation sites excluding steroid dienone is 4. The maximum absolute atomic E-state index is 12.0. The molecule has 0 amide bonds. The number of carbonyl (C=O) groups is 2. The quantitative estimate of drug-likeness (QED) is 0.361. The van der Waals surface area contributed by atoms with Crippen molar-refractivity contribution in [2.24, 2.45) is 5.73 Å². The minimum atomic E-state index is -0.182. The minimum Gasteiger partial charge on any atom is -0.402 e. The fourth-order valence-corrected chi connectivity index (χ4v) is 1.27. The molecule has 0 aromatic heterocycles. The number of Topliss-reactive ketones (excluding diaryl/α,β-unsaturated/α-hetero) is 1. The van der Waals surface area contributed by atoms with Crippen LogP contribution >= 0.6 is 0 Å². The van der Waals surface area contributed by atoms with Crippen LogP contribution in [0.15, 0.2) is 53.8 Å². The molecule has 0 aliphatic heterocycles. The number of aldehydes is 1. The normalized spacial score (nSPS) is 12.3. The molecular weight excluding hydrogens is 202 g/mol. The summed E-state index contributed by atoms with van der Waals surface area (Å²) in [6, 6.07) is 8.80. The molecule has 1 aromatic carbocycles. The standard InChI is InChI=1S/C13H13NO2/c1-10(14)12(8-5-9-15)13(16)11-6-3-2-4-7-11/h2-9H,14H2,1H3. The Labute approximate surface area is 94.3 Å². The first-order valence-corrected chi connectivity index (χ1v) is 4.84. The van der Waals surface area contributed by atoms with Gasteiger partial charge in [-0.3, -0.25) is 9.59 Å². The van der Waals surface area contributed by atoms with Gasteiger partial charge in [-0.2, -0.15) is 0 Å². The highest BCUT2D eigenvalue weighted by Gasteiger charge is 2.10. The van der Waals surface area contributed by atoms with Crippen LogP contribution in [0.4, 0.5) is 0 Å². The van der Waals surface area contributed by atoms with Crippen molar-refractivity contribution in [2.75, 3.05) is 0 Å². The lowest BCUT2D eigenvalue weighted by Gasteiger charge is -2.03. The zero-order valence-electron chi connectivity index (χ0n) is 9.01. The van der Waals surface area contributed by atoms with Gasteiger partial charge in [0.25, 0.3) is 0 Å². The monoisotopic (exact) mass is 215 g/mol. The number of ketones is 1. The van der Waals surface area contributed by atoms with Gasteiger partial charge in [-0.05, 0) is 19.1 Å². The lowest BCUT2D eigenvalue weighted by atomic mass is 10.0. The van der Waals surface area contributed by atoms with E-state index in [9.17, 15) is 9.59 Å². The summed E-state index contributed by atoms with van der Waals surface area (Å²) in [7, 11) is 0. The number of hydrogen-bond donors (Lipinski definition) is 1. The van der Waals surface area contributed by atoms with Crippen molar-refractivity contribution >= 4 is 12.1 Å². The second kappa shape index (κ2) is 5.66. The zero-order valence-corrected chi connectivity index (χ0v) is 9.01. The van der Waals surface area contributed by atoms with Gasteiger partial charge in [0.2, 0.25) is 0 Å². The first-order chi connectivity index (χ1) is 7.66. The molecule has 0 unspecified atom stereocenters. The average molecular weight is 215 g/mol. The van der Waals surface area contributed by atoms with Gasteiger partial charge in [-0.15, -0.1) is 0 Å². The van der Waals surface area contributed by atoms with Crippen LogP contribution in [0.1, 0.15) is 17.3 Å². The van der Waals surface area contributed by atoms with Crippen LogP contribution in [0.25, 0.3) is 0 Å². The van der Waals surface area contributed by atoms with Crippen LogP contribution in [0.3, 0.4) is 0 Å². The average Bonchev–Trinajstić information content (AvgIpc) is 2.30. The Morgan fingerprint density at radius 3 is 2.38 bits per heavy atom. The van der Waals surface area contributed by atoms with Gasteiger partial charge in [0.15, 0.2) is 5.78 Å². The maximum atomic E-state index is 12.0. The lowest BCUT2D eigenvalue weighted by molar-refractivity contribution is -0.104. The van der Waals surface area contributed by atoms with Gasteiger partial charge < -0.3 is 5.73 Å². The Bertz CT molecular complexity index is 440. The van der Waals surface area contributed by atoms with Crippen LogP contribution in [0, 0.1) is 0 Å². The molecule has 3 heteroatoms. The summed E-state index contributed by atoms with van der Waals surface area (Å²) in [4.78, 5) is 22.2. The lowest BCUT2D eigenvalue weighted by Crippen LogP contribution is -2.08. The smallest absolute Gasteiger partial charge is 0.194 e. The van der Waals surface area contributed by atoms with Crippen molar-refractivity contribution in [3.8, 4) is 0 Å². The van der Waals surface area contributed by atoms with Crippen molar-refractivity contribution in [1.29, 1.82) is 0 Å². The summed E-state index contributed by atoms with van der Waals surface area (Å²) in [6.07, 6.45) is 3.30. The summed E-state index contributed by atoms with van der Waals surface area (Å²) in [5.74, 6) is -0.182. The second-order valence-electron chi connectivity index (χ2n) is 3.29. The van der Waals surface area contributed by atoms with Crippen molar-refractivity contribution in [3.05, 3.63) is 59.3 Å². The minimum absolute atomic E-state index is 0.182. The molecule has 0 saturated carbocycles. The van der Waals surface area contributed by atoms with Gasteiger partial charge in [-0.25, -0.2) is 0 Å². The molecule has 0 spiro atoms. The van der Waals surface area contributed by atoms with Gasteiger partial charge >= 0.3 is 0 Å². The van der Waals surface area contributed by atoms with Gasteiger partial charge in [0.1, 0.15) is 6.29 Å². The summed E-state index contributed by atoms with van der Waals surface area (Å²) in [5.41, 5.74) is 6.90. The number of nitrogens with two attached hydrogens (primary N) is 1. The molecular formula is C13H13NO2. The molecule has 0 bridgehead atoms. The molecule has 82 valence electrons. The molecule has 0 fully saturated rings. The van der Waals surface area contributed by atoms with Crippen LogP contribution < -0.4 is 5.73 Å². The third-order valence-electron chi connectivity index (χ3n) is 2.05. The van der Waals surface area contributed by atoms with E-state index >= 15 is 0 Å². The maximum Gasteiger partial charge on any atom is 0.194 e. The van der Waals surface area contributed by atoms with E-state index in [1.54, 1.807) is 31.2 Å². The summed E-state index contributed by atoms with van der Waals surface area (Å²) in [5, 5.41) is 0. The van der Waals surface area contributed by atoms with E-state index in [1.165, 1.54) is 12.2 Å². The Kier molecular flexibility index (Phi) is 4.21. The number of hydrogen-bond acceptors (Lipinski definition) is 3. The number of carbonyl (C=O) groups excluding carboxylic acids is 2. The van der Waals surface area contributed by atoms with E-state index in [-0.39, 0.29) is 5.78 Å². The van der Waals surface area contributed by atoms with Crippen molar-refractivity contribution in [1.82, 2.24) is 0 Å². The Hall–Kier alpha value is -2.16. The van der Waals surface area contributed by atoms with E-state index in [2.05, 4.69) is 0 Å². The van der Waals surface area contributed by atoms with E-state index in [4.69, 9.17) is 5.73 Å². The summed E-state index contributed by atoms with van der Waals surface area (Å²) in [6.45, 7) is 1.63. The highest BCUT2D eigenvalue weighted by molar-refractivity contribution is 6.11. The third kappa shape index (κ3) is 2.92.